The van der Waals surface area contributed by atoms with Gasteiger partial charge in [-0.05, 0) is 31.8 Å². The Morgan fingerprint density at radius 2 is 1.94 bits per heavy atom. The smallest absolute Gasteiger partial charge is 0.330 e. The van der Waals surface area contributed by atoms with Gasteiger partial charge in [0.25, 0.3) is 5.56 Å². The molecule has 2 rings (SSSR count). The molecule has 0 unspecified atom stereocenters. The highest BCUT2D eigenvalue weighted by Gasteiger charge is 2.26. The van der Waals surface area contributed by atoms with Crippen LogP contribution in [0.15, 0.2) is 15.8 Å². The maximum Gasteiger partial charge on any atom is 0.330 e. The second kappa shape index (κ2) is 5.07. The van der Waals surface area contributed by atoms with Gasteiger partial charge in [-0.15, -0.1) is 0 Å². The van der Waals surface area contributed by atoms with Crippen LogP contribution in [0.4, 0.5) is 0 Å². The van der Waals surface area contributed by atoms with Gasteiger partial charge in [0, 0.05) is 20.3 Å². The van der Waals surface area contributed by atoms with Crippen LogP contribution in [0.2, 0.25) is 0 Å². The van der Waals surface area contributed by atoms with Crippen molar-refractivity contribution in [3.63, 3.8) is 0 Å². The first-order valence-electron chi connectivity index (χ1n) is 6.17. The zero-order chi connectivity index (χ0) is 13.3. The van der Waals surface area contributed by atoms with Gasteiger partial charge in [0.15, 0.2) is 0 Å². The van der Waals surface area contributed by atoms with E-state index < -0.39 is 11.7 Å². The Morgan fingerprint density at radius 3 is 2.56 bits per heavy atom. The SMILES string of the molecule is Cn1cc([C@@H](O)C2CCNCC2)c(=O)n(C)c1=O. The van der Waals surface area contributed by atoms with Crippen molar-refractivity contribution in [2.45, 2.75) is 18.9 Å². The average molecular weight is 253 g/mol. The number of aliphatic hydroxyl groups is 1. The van der Waals surface area contributed by atoms with E-state index in [0.29, 0.717) is 5.56 Å². The first-order chi connectivity index (χ1) is 8.52. The molecule has 0 aromatic carbocycles. The Hall–Kier alpha value is -1.40. The fourth-order valence-electron chi connectivity index (χ4n) is 2.45. The molecule has 1 fully saturated rings. The minimum absolute atomic E-state index is 0.0800. The summed E-state index contributed by atoms with van der Waals surface area (Å²) in [6, 6.07) is 0. The summed E-state index contributed by atoms with van der Waals surface area (Å²) in [6.07, 6.45) is 2.34. The van der Waals surface area contributed by atoms with Gasteiger partial charge in [-0.3, -0.25) is 9.36 Å². The topological polar surface area (TPSA) is 76.3 Å². The van der Waals surface area contributed by atoms with Gasteiger partial charge in [-0.2, -0.15) is 0 Å². The predicted octanol–water partition coefficient (Wildman–Crippen LogP) is -0.883. The lowest BCUT2D eigenvalue weighted by Gasteiger charge is -2.27. The lowest BCUT2D eigenvalue weighted by Crippen LogP contribution is -2.41. The quantitative estimate of drug-likeness (QED) is 0.717. The molecule has 0 saturated carbocycles. The highest BCUT2D eigenvalue weighted by Crippen LogP contribution is 2.26. The Labute approximate surface area is 105 Å². The maximum absolute atomic E-state index is 12.0. The third-order valence-electron chi connectivity index (χ3n) is 3.62. The van der Waals surface area contributed by atoms with E-state index in [1.165, 1.54) is 17.8 Å². The van der Waals surface area contributed by atoms with Gasteiger partial charge < -0.3 is 15.0 Å². The van der Waals surface area contributed by atoms with Crippen LogP contribution in [0.3, 0.4) is 0 Å². The first-order valence-corrected chi connectivity index (χ1v) is 6.17. The molecule has 0 bridgehead atoms. The Balaban J connectivity index is 2.38. The van der Waals surface area contributed by atoms with E-state index in [4.69, 9.17) is 0 Å². The molecule has 0 radical (unpaired) electrons. The summed E-state index contributed by atoms with van der Waals surface area (Å²) >= 11 is 0. The first kappa shape index (κ1) is 13.0. The summed E-state index contributed by atoms with van der Waals surface area (Å²) in [5.41, 5.74) is -0.461. The van der Waals surface area contributed by atoms with Crippen molar-refractivity contribution < 1.29 is 5.11 Å². The van der Waals surface area contributed by atoms with Gasteiger partial charge in [0.1, 0.15) is 0 Å². The van der Waals surface area contributed by atoms with Gasteiger partial charge in [0.2, 0.25) is 0 Å². The molecule has 6 heteroatoms. The van der Waals surface area contributed by atoms with Crippen LogP contribution in [-0.4, -0.2) is 27.3 Å². The van der Waals surface area contributed by atoms with E-state index in [2.05, 4.69) is 5.32 Å². The van der Waals surface area contributed by atoms with E-state index in [1.54, 1.807) is 7.05 Å². The predicted molar refractivity (Wildman–Crippen MR) is 67.5 cm³/mol. The van der Waals surface area contributed by atoms with Crippen molar-refractivity contribution in [1.82, 2.24) is 14.5 Å². The largest absolute Gasteiger partial charge is 0.388 e. The van der Waals surface area contributed by atoms with Crippen molar-refractivity contribution in [3.05, 3.63) is 32.6 Å². The number of aliphatic hydroxyl groups excluding tert-OH is 1. The normalized spacial score (nSPS) is 18.8. The van der Waals surface area contributed by atoms with Crippen molar-refractivity contribution in [1.29, 1.82) is 0 Å². The fourth-order valence-corrected chi connectivity index (χ4v) is 2.45. The molecule has 1 aliphatic rings. The van der Waals surface area contributed by atoms with Crippen LogP contribution in [0.5, 0.6) is 0 Å². The third kappa shape index (κ3) is 2.26. The Bertz CT molecular complexity index is 540. The molecule has 0 amide bonds. The molecule has 1 aromatic heterocycles. The molecule has 2 heterocycles. The second-order valence-electron chi connectivity index (χ2n) is 4.87. The molecule has 1 aromatic rings. The monoisotopic (exact) mass is 253 g/mol. The number of nitrogens with zero attached hydrogens (tertiary/aromatic N) is 2. The van der Waals surface area contributed by atoms with Crippen molar-refractivity contribution >= 4 is 0 Å². The lowest BCUT2D eigenvalue weighted by atomic mass is 9.89. The minimum Gasteiger partial charge on any atom is -0.388 e. The summed E-state index contributed by atoms with van der Waals surface area (Å²) in [6.45, 7) is 1.71. The summed E-state index contributed by atoms with van der Waals surface area (Å²) in [7, 11) is 3.02. The van der Waals surface area contributed by atoms with Crippen molar-refractivity contribution in [2.24, 2.45) is 20.0 Å². The lowest BCUT2D eigenvalue weighted by molar-refractivity contribution is 0.0865. The summed E-state index contributed by atoms with van der Waals surface area (Å²) in [4.78, 5) is 23.6. The number of aromatic nitrogens is 2. The molecule has 100 valence electrons. The highest BCUT2D eigenvalue weighted by molar-refractivity contribution is 5.10. The van der Waals surface area contributed by atoms with Gasteiger partial charge in [-0.1, -0.05) is 0 Å². The summed E-state index contributed by atoms with van der Waals surface area (Å²) < 4.78 is 2.38. The molecular formula is C12H19N3O3. The minimum atomic E-state index is -0.794. The van der Waals surface area contributed by atoms with E-state index in [9.17, 15) is 14.7 Å². The molecular weight excluding hydrogens is 234 g/mol. The Morgan fingerprint density at radius 1 is 1.33 bits per heavy atom. The molecule has 1 aliphatic heterocycles. The molecule has 0 spiro atoms. The van der Waals surface area contributed by atoms with Crippen LogP contribution in [0.1, 0.15) is 24.5 Å². The molecule has 2 N–H and O–H groups in total. The van der Waals surface area contributed by atoms with Crippen LogP contribution >= 0.6 is 0 Å². The van der Waals surface area contributed by atoms with Crippen LogP contribution < -0.4 is 16.6 Å². The van der Waals surface area contributed by atoms with E-state index >= 15 is 0 Å². The zero-order valence-corrected chi connectivity index (χ0v) is 10.7. The van der Waals surface area contributed by atoms with E-state index in [0.717, 1.165) is 30.5 Å². The van der Waals surface area contributed by atoms with Crippen molar-refractivity contribution in [3.8, 4) is 0 Å². The maximum atomic E-state index is 12.0. The van der Waals surface area contributed by atoms with Crippen LogP contribution in [-0.2, 0) is 14.1 Å². The average Bonchev–Trinajstić information content (AvgIpc) is 2.41. The molecule has 18 heavy (non-hydrogen) atoms. The molecule has 1 atom stereocenters. The molecule has 6 nitrogen and oxygen atoms in total. The Kier molecular flexibility index (Phi) is 3.68. The molecule has 1 saturated heterocycles. The number of hydrogen-bond donors (Lipinski definition) is 2. The zero-order valence-electron chi connectivity index (χ0n) is 10.7. The van der Waals surface area contributed by atoms with E-state index in [-0.39, 0.29) is 11.6 Å². The van der Waals surface area contributed by atoms with Gasteiger partial charge in [-0.25, -0.2) is 4.79 Å². The highest BCUT2D eigenvalue weighted by atomic mass is 16.3. The van der Waals surface area contributed by atoms with Crippen LogP contribution in [0, 0.1) is 5.92 Å². The number of nitrogens with one attached hydrogen (secondary N) is 1. The number of hydrogen-bond acceptors (Lipinski definition) is 4. The van der Waals surface area contributed by atoms with Crippen LogP contribution in [0.25, 0.3) is 0 Å². The standard InChI is InChI=1S/C12H19N3O3/c1-14-7-9(11(17)15(2)12(14)18)10(16)8-3-5-13-6-4-8/h7-8,10,13,16H,3-6H2,1-2H3/t10-/m0/s1. The molecule has 0 aliphatic carbocycles. The van der Waals surface area contributed by atoms with Crippen molar-refractivity contribution in [2.75, 3.05) is 13.1 Å². The summed E-state index contributed by atoms with van der Waals surface area (Å²) in [5.74, 6) is 0.0800. The van der Waals surface area contributed by atoms with E-state index in [1.807, 2.05) is 0 Å². The number of rotatable bonds is 2. The third-order valence-corrected chi connectivity index (χ3v) is 3.62. The fraction of sp³-hybridized carbons (Fsp3) is 0.667. The van der Waals surface area contributed by atoms with Gasteiger partial charge >= 0.3 is 5.69 Å². The summed E-state index contributed by atoms with van der Waals surface area (Å²) in [5, 5.41) is 13.5. The number of piperidine rings is 1. The number of aryl methyl sites for hydroxylation is 1. The van der Waals surface area contributed by atoms with Gasteiger partial charge in [0.05, 0.1) is 11.7 Å². The second-order valence-corrected chi connectivity index (χ2v) is 4.87.